The van der Waals surface area contributed by atoms with Gasteiger partial charge in [0.15, 0.2) is 0 Å². The molecule has 0 amide bonds. The van der Waals surface area contributed by atoms with E-state index in [0.29, 0.717) is 0 Å². The van der Waals surface area contributed by atoms with Crippen molar-refractivity contribution in [1.29, 1.82) is 0 Å². The molecule has 0 aliphatic rings. The molecule has 0 N–H and O–H groups in total. The molecule has 0 saturated heterocycles. The Morgan fingerprint density at radius 2 is 1.00 bits per heavy atom. The Morgan fingerprint density at radius 3 is 1.25 bits per heavy atom. The van der Waals surface area contributed by atoms with Gasteiger partial charge in [-0.1, -0.05) is 10.4 Å². The lowest BCUT2D eigenvalue weighted by atomic mass is 10.3. The lowest BCUT2D eigenvalue weighted by Crippen LogP contribution is -1.99. The molecule has 0 saturated carbocycles. The standard InChI is InChI=1S/C10H16N6/c1-15(2)13-11-9-5-7-10(8-6-9)12-14-16(3)4/h5-8H,1-4H3. The molecule has 0 unspecified atom stereocenters. The van der Waals surface area contributed by atoms with Crippen LogP contribution in [0.15, 0.2) is 44.9 Å². The minimum atomic E-state index is 0.789. The lowest BCUT2D eigenvalue weighted by molar-refractivity contribution is 0.408. The molecule has 1 aromatic rings. The van der Waals surface area contributed by atoms with E-state index in [4.69, 9.17) is 0 Å². The number of rotatable bonds is 4. The predicted molar refractivity (Wildman–Crippen MR) is 62.8 cm³/mol. The van der Waals surface area contributed by atoms with E-state index in [1.165, 1.54) is 0 Å². The fraction of sp³-hybridized carbons (Fsp3) is 0.400. The van der Waals surface area contributed by atoms with Crippen LogP contribution < -0.4 is 0 Å². The fourth-order valence-corrected chi connectivity index (χ4v) is 0.868. The highest BCUT2D eigenvalue weighted by atomic mass is 15.5. The zero-order valence-corrected chi connectivity index (χ0v) is 9.99. The quantitative estimate of drug-likeness (QED) is 0.578. The number of hydrogen-bond donors (Lipinski definition) is 0. The molecule has 6 heteroatoms. The summed E-state index contributed by atoms with van der Waals surface area (Å²) in [5, 5.41) is 19.1. The van der Waals surface area contributed by atoms with Crippen molar-refractivity contribution in [3.05, 3.63) is 24.3 Å². The van der Waals surface area contributed by atoms with Crippen molar-refractivity contribution in [3.8, 4) is 0 Å². The second-order valence-electron chi connectivity index (χ2n) is 3.59. The summed E-state index contributed by atoms with van der Waals surface area (Å²) in [6.07, 6.45) is 0. The molecule has 0 fully saturated rings. The van der Waals surface area contributed by atoms with Crippen LogP contribution in [0.4, 0.5) is 11.4 Å². The monoisotopic (exact) mass is 220 g/mol. The van der Waals surface area contributed by atoms with Gasteiger partial charge in [0, 0.05) is 28.2 Å². The lowest BCUT2D eigenvalue weighted by Gasteiger charge is -2.01. The molecule has 1 aromatic carbocycles. The van der Waals surface area contributed by atoms with Crippen LogP contribution in [0.25, 0.3) is 0 Å². The fourth-order valence-electron chi connectivity index (χ4n) is 0.868. The van der Waals surface area contributed by atoms with Crippen LogP contribution in [0.1, 0.15) is 0 Å². The van der Waals surface area contributed by atoms with Gasteiger partial charge in [-0.3, -0.25) is 10.0 Å². The van der Waals surface area contributed by atoms with Crippen LogP contribution in [0.3, 0.4) is 0 Å². The summed E-state index contributed by atoms with van der Waals surface area (Å²) in [6.45, 7) is 0. The average molecular weight is 220 g/mol. The van der Waals surface area contributed by atoms with Crippen molar-refractivity contribution in [2.24, 2.45) is 20.7 Å². The van der Waals surface area contributed by atoms with Gasteiger partial charge < -0.3 is 0 Å². The Balaban J connectivity index is 2.68. The van der Waals surface area contributed by atoms with Gasteiger partial charge in [-0.05, 0) is 24.3 Å². The molecule has 6 nitrogen and oxygen atoms in total. The third-order valence-electron chi connectivity index (χ3n) is 1.53. The molecule has 16 heavy (non-hydrogen) atoms. The minimum absolute atomic E-state index is 0.789. The van der Waals surface area contributed by atoms with Crippen molar-refractivity contribution < 1.29 is 0 Å². The van der Waals surface area contributed by atoms with E-state index < -0.39 is 0 Å². The van der Waals surface area contributed by atoms with Gasteiger partial charge in [0.1, 0.15) is 0 Å². The number of benzene rings is 1. The van der Waals surface area contributed by atoms with E-state index in [-0.39, 0.29) is 0 Å². The first kappa shape index (κ1) is 12.1. The Labute approximate surface area is 95.2 Å². The molecular formula is C10H16N6. The van der Waals surface area contributed by atoms with E-state index in [0.717, 1.165) is 11.4 Å². The highest BCUT2D eigenvalue weighted by Gasteiger charge is 1.92. The minimum Gasteiger partial charge on any atom is -0.285 e. The SMILES string of the molecule is CN(C)N=Nc1ccc(N=NN(C)C)cc1. The molecule has 0 heterocycles. The van der Waals surface area contributed by atoms with Crippen LogP contribution >= 0.6 is 0 Å². The summed E-state index contributed by atoms with van der Waals surface area (Å²) in [4.78, 5) is 0. The number of hydrogen-bond acceptors (Lipinski definition) is 4. The van der Waals surface area contributed by atoms with Crippen molar-refractivity contribution in [1.82, 2.24) is 10.0 Å². The van der Waals surface area contributed by atoms with E-state index in [9.17, 15) is 0 Å². The molecule has 1 rings (SSSR count). The summed E-state index contributed by atoms with van der Waals surface area (Å²) in [5.74, 6) is 0. The maximum atomic E-state index is 4.01. The van der Waals surface area contributed by atoms with Crippen LogP contribution in [0, 0.1) is 0 Å². The molecule has 0 radical (unpaired) electrons. The molecule has 0 atom stereocenters. The van der Waals surface area contributed by atoms with E-state index in [1.807, 2.05) is 52.5 Å². The van der Waals surface area contributed by atoms with E-state index >= 15 is 0 Å². The largest absolute Gasteiger partial charge is 0.285 e. The molecule has 0 aliphatic carbocycles. The van der Waals surface area contributed by atoms with Gasteiger partial charge in [-0.15, -0.1) is 10.2 Å². The second-order valence-corrected chi connectivity index (χ2v) is 3.59. The van der Waals surface area contributed by atoms with Gasteiger partial charge in [-0.2, -0.15) is 0 Å². The summed E-state index contributed by atoms with van der Waals surface area (Å²) in [5.41, 5.74) is 1.58. The maximum absolute atomic E-state index is 4.01. The van der Waals surface area contributed by atoms with Crippen LogP contribution in [-0.2, 0) is 0 Å². The van der Waals surface area contributed by atoms with Crippen molar-refractivity contribution in [2.75, 3.05) is 28.2 Å². The number of nitrogens with zero attached hydrogens (tertiary/aromatic N) is 6. The summed E-state index contributed by atoms with van der Waals surface area (Å²) in [6, 6.07) is 7.38. The normalized spacial score (nSPS) is 11.2. The topological polar surface area (TPSA) is 55.9 Å². The van der Waals surface area contributed by atoms with E-state index in [1.54, 1.807) is 10.0 Å². The first-order chi connectivity index (χ1) is 7.58. The van der Waals surface area contributed by atoms with Crippen molar-refractivity contribution in [3.63, 3.8) is 0 Å². The first-order valence-corrected chi connectivity index (χ1v) is 4.86. The zero-order chi connectivity index (χ0) is 12.0. The summed E-state index contributed by atoms with van der Waals surface area (Å²) < 4.78 is 0. The van der Waals surface area contributed by atoms with Crippen LogP contribution in [-0.4, -0.2) is 38.2 Å². The Morgan fingerprint density at radius 1 is 0.688 bits per heavy atom. The van der Waals surface area contributed by atoms with Crippen molar-refractivity contribution in [2.45, 2.75) is 0 Å². The van der Waals surface area contributed by atoms with Gasteiger partial charge in [0.2, 0.25) is 0 Å². The van der Waals surface area contributed by atoms with Crippen LogP contribution in [0.2, 0.25) is 0 Å². The molecule has 0 aromatic heterocycles. The Hall–Kier alpha value is -1.98. The van der Waals surface area contributed by atoms with E-state index in [2.05, 4.69) is 20.7 Å². The Bertz CT molecular complexity index is 328. The third kappa shape index (κ3) is 4.50. The van der Waals surface area contributed by atoms with Gasteiger partial charge in [0.05, 0.1) is 11.4 Å². The highest BCUT2D eigenvalue weighted by Crippen LogP contribution is 2.19. The Kier molecular flexibility index (Phi) is 4.38. The summed E-state index contributed by atoms with van der Waals surface area (Å²) >= 11 is 0. The maximum Gasteiger partial charge on any atom is 0.0875 e. The van der Waals surface area contributed by atoms with Crippen LogP contribution in [0.5, 0.6) is 0 Å². The molecule has 86 valence electrons. The molecule has 0 bridgehead atoms. The van der Waals surface area contributed by atoms with Gasteiger partial charge in [-0.25, -0.2) is 0 Å². The first-order valence-electron chi connectivity index (χ1n) is 4.86. The molecule has 0 spiro atoms. The molecular weight excluding hydrogens is 204 g/mol. The smallest absolute Gasteiger partial charge is 0.0875 e. The highest BCUT2D eigenvalue weighted by molar-refractivity contribution is 5.46. The average Bonchev–Trinajstić information content (AvgIpc) is 2.25. The van der Waals surface area contributed by atoms with Gasteiger partial charge >= 0.3 is 0 Å². The van der Waals surface area contributed by atoms with Crippen molar-refractivity contribution >= 4 is 11.4 Å². The second kappa shape index (κ2) is 5.79. The zero-order valence-electron chi connectivity index (χ0n) is 9.99. The third-order valence-corrected chi connectivity index (χ3v) is 1.53. The summed E-state index contributed by atoms with van der Waals surface area (Å²) in [7, 11) is 7.29. The van der Waals surface area contributed by atoms with Gasteiger partial charge in [0.25, 0.3) is 0 Å². The molecule has 0 aliphatic heterocycles. The predicted octanol–water partition coefficient (Wildman–Crippen LogP) is 2.81.